The summed E-state index contributed by atoms with van der Waals surface area (Å²) in [4.78, 5) is 16.3. The van der Waals surface area contributed by atoms with Gasteiger partial charge >= 0.3 is 0 Å². The first-order valence-electron chi connectivity index (χ1n) is 9.01. The SMILES string of the molecule is Cn1cc(CN2CCOC[C@]3(C2)CN(c2ccc(F)cc2)C(=O)CO3)cn1. The van der Waals surface area contributed by atoms with Crippen LogP contribution in [-0.2, 0) is 27.9 Å². The molecule has 27 heavy (non-hydrogen) atoms. The Labute approximate surface area is 157 Å². The van der Waals surface area contributed by atoms with E-state index in [1.807, 2.05) is 19.4 Å². The summed E-state index contributed by atoms with van der Waals surface area (Å²) in [6.45, 7) is 3.56. The fourth-order valence-corrected chi connectivity index (χ4v) is 3.68. The summed E-state index contributed by atoms with van der Waals surface area (Å²) in [5.41, 5.74) is 1.19. The molecule has 0 saturated carbocycles. The third-order valence-electron chi connectivity index (χ3n) is 4.98. The van der Waals surface area contributed by atoms with Crippen molar-refractivity contribution in [3.05, 3.63) is 48.0 Å². The highest BCUT2D eigenvalue weighted by atomic mass is 19.1. The lowest BCUT2D eigenvalue weighted by molar-refractivity contribution is -0.146. The number of anilines is 1. The van der Waals surface area contributed by atoms with Crippen molar-refractivity contribution in [1.29, 1.82) is 0 Å². The summed E-state index contributed by atoms with van der Waals surface area (Å²) in [5, 5.41) is 4.22. The number of hydrogen-bond acceptors (Lipinski definition) is 5. The van der Waals surface area contributed by atoms with Gasteiger partial charge in [0.2, 0.25) is 0 Å². The van der Waals surface area contributed by atoms with E-state index in [0.29, 0.717) is 32.0 Å². The van der Waals surface area contributed by atoms with Crippen LogP contribution in [-0.4, -0.2) is 65.6 Å². The van der Waals surface area contributed by atoms with E-state index in [4.69, 9.17) is 9.47 Å². The lowest BCUT2D eigenvalue weighted by Gasteiger charge is -2.43. The van der Waals surface area contributed by atoms with Crippen molar-refractivity contribution in [3.8, 4) is 0 Å². The van der Waals surface area contributed by atoms with Crippen molar-refractivity contribution in [2.24, 2.45) is 7.05 Å². The van der Waals surface area contributed by atoms with Gasteiger partial charge in [0.15, 0.2) is 0 Å². The lowest BCUT2D eigenvalue weighted by atomic mass is 10.0. The van der Waals surface area contributed by atoms with E-state index in [1.54, 1.807) is 21.7 Å². The molecular formula is C19H23FN4O3. The highest BCUT2D eigenvalue weighted by Gasteiger charge is 2.43. The first kappa shape index (κ1) is 18.1. The Kier molecular flexibility index (Phi) is 4.94. The number of nitrogens with zero attached hydrogens (tertiary/aromatic N) is 4. The van der Waals surface area contributed by atoms with Gasteiger partial charge in [-0.25, -0.2) is 4.39 Å². The summed E-state index contributed by atoms with van der Waals surface area (Å²) >= 11 is 0. The number of ether oxygens (including phenoxy) is 2. The maximum Gasteiger partial charge on any atom is 0.253 e. The van der Waals surface area contributed by atoms with Crippen molar-refractivity contribution in [1.82, 2.24) is 14.7 Å². The molecule has 0 radical (unpaired) electrons. The molecule has 4 rings (SSSR count). The Morgan fingerprint density at radius 1 is 1.26 bits per heavy atom. The second-order valence-corrected chi connectivity index (χ2v) is 7.21. The molecule has 0 aliphatic carbocycles. The van der Waals surface area contributed by atoms with Crippen LogP contribution in [0.1, 0.15) is 5.56 Å². The second kappa shape index (κ2) is 7.38. The molecule has 2 aliphatic rings. The molecule has 0 bridgehead atoms. The highest BCUT2D eigenvalue weighted by molar-refractivity contribution is 5.95. The molecule has 3 heterocycles. The number of amides is 1. The number of carbonyl (C=O) groups excluding carboxylic acids is 1. The number of hydrogen-bond donors (Lipinski definition) is 0. The van der Waals surface area contributed by atoms with Crippen LogP contribution >= 0.6 is 0 Å². The standard InChI is InChI=1S/C19H23FN4O3/c1-22-9-15(8-21-22)10-23-6-7-26-14-19(12-23)13-24(18(25)11-27-19)17-4-2-16(20)3-5-17/h2-5,8-9H,6-7,10-14H2,1H3/t19-/m0/s1. The zero-order valence-electron chi connectivity index (χ0n) is 15.3. The van der Waals surface area contributed by atoms with Crippen molar-refractivity contribution >= 4 is 11.6 Å². The van der Waals surface area contributed by atoms with Crippen molar-refractivity contribution in [2.45, 2.75) is 12.1 Å². The second-order valence-electron chi connectivity index (χ2n) is 7.21. The van der Waals surface area contributed by atoms with Crippen LogP contribution in [0.5, 0.6) is 0 Å². The Morgan fingerprint density at radius 2 is 2.07 bits per heavy atom. The van der Waals surface area contributed by atoms with Crippen LogP contribution in [0.3, 0.4) is 0 Å². The Bertz CT molecular complexity index is 810. The average molecular weight is 374 g/mol. The van der Waals surface area contributed by atoms with Gasteiger partial charge in [-0.3, -0.25) is 14.4 Å². The number of morpholine rings is 1. The minimum atomic E-state index is -0.610. The van der Waals surface area contributed by atoms with Crippen molar-refractivity contribution < 1.29 is 18.7 Å². The minimum absolute atomic E-state index is 0.0124. The first-order chi connectivity index (χ1) is 13.0. The molecule has 2 saturated heterocycles. The third kappa shape index (κ3) is 4.02. The maximum atomic E-state index is 13.3. The summed E-state index contributed by atoms with van der Waals surface area (Å²) in [6.07, 6.45) is 3.85. The summed E-state index contributed by atoms with van der Waals surface area (Å²) in [7, 11) is 1.90. The molecular weight excluding hydrogens is 351 g/mol. The molecule has 2 aromatic rings. The number of halogens is 1. The number of aryl methyl sites for hydroxylation is 1. The molecule has 7 nitrogen and oxygen atoms in total. The van der Waals surface area contributed by atoms with E-state index in [-0.39, 0.29) is 18.3 Å². The third-order valence-corrected chi connectivity index (χ3v) is 4.98. The predicted molar refractivity (Wildman–Crippen MR) is 96.7 cm³/mol. The van der Waals surface area contributed by atoms with Crippen LogP contribution < -0.4 is 4.90 Å². The van der Waals surface area contributed by atoms with Gasteiger partial charge in [-0.2, -0.15) is 5.10 Å². The number of carbonyl (C=O) groups is 1. The molecule has 0 unspecified atom stereocenters. The Balaban J connectivity index is 1.52. The topological polar surface area (TPSA) is 59.8 Å². The zero-order chi connectivity index (χ0) is 18.9. The smallest absolute Gasteiger partial charge is 0.253 e. The molecule has 1 atom stereocenters. The maximum absolute atomic E-state index is 13.3. The van der Waals surface area contributed by atoms with Gasteiger partial charge in [0, 0.05) is 44.1 Å². The molecule has 1 aromatic carbocycles. The van der Waals surface area contributed by atoms with Gasteiger partial charge in [0.05, 0.1) is 26.0 Å². The van der Waals surface area contributed by atoms with Crippen LogP contribution in [0.4, 0.5) is 10.1 Å². The monoisotopic (exact) mass is 374 g/mol. The molecule has 2 fully saturated rings. The van der Waals surface area contributed by atoms with Gasteiger partial charge in [-0.15, -0.1) is 0 Å². The fourth-order valence-electron chi connectivity index (χ4n) is 3.68. The molecule has 144 valence electrons. The predicted octanol–water partition coefficient (Wildman–Crippen LogP) is 1.19. The van der Waals surface area contributed by atoms with Crippen LogP contribution in [0.25, 0.3) is 0 Å². The molecule has 1 amide bonds. The van der Waals surface area contributed by atoms with Gasteiger partial charge in [0.1, 0.15) is 18.0 Å². The van der Waals surface area contributed by atoms with Crippen LogP contribution in [0.2, 0.25) is 0 Å². The Hall–Kier alpha value is -2.29. The normalized spacial score (nSPS) is 24.4. The minimum Gasteiger partial charge on any atom is -0.377 e. The van der Waals surface area contributed by atoms with Crippen LogP contribution in [0, 0.1) is 5.82 Å². The van der Waals surface area contributed by atoms with Gasteiger partial charge in [-0.05, 0) is 24.3 Å². The summed E-state index contributed by atoms with van der Waals surface area (Å²) in [5.74, 6) is -0.454. The molecule has 0 N–H and O–H groups in total. The van der Waals surface area contributed by atoms with E-state index < -0.39 is 5.60 Å². The lowest BCUT2D eigenvalue weighted by Crippen LogP contribution is -2.60. The van der Waals surface area contributed by atoms with Crippen molar-refractivity contribution in [3.63, 3.8) is 0 Å². The molecule has 2 aliphatic heterocycles. The van der Waals surface area contributed by atoms with E-state index >= 15 is 0 Å². The zero-order valence-corrected chi connectivity index (χ0v) is 15.3. The van der Waals surface area contributed by atoms with Crippen molar-refractivity contribution in [2.75, 3.05) is 44.4 Å². The quantitative estimate of drug-likeness (QED) is 0.808. The van der Waals surface area contributed by atoms with Gasteiger partial charge in [0.25, 0.3) is 5.91 Å². The van der Waals surface area contributed by atoms with E-state index in [9.17, 15) is 9.18 Å². The average Bonchev–Trinajstić information content (AvgIpc) is 2.96. The van der Waals surface area contributed by atoms with Gasteiger partial charge < -0.3 is 14.4 Å². The molecule has 1 spiro atoms. The summed E-state index contributed by atoms with van der Waals surface area (Å²) in [6, 6.07) is 5.97. The fraction of sp³-hybridized carbons (Fsp3) is 0.474. The van der Waals surface area contributed by atoms with Crippen LogP contribution in [0.15, 0.2) is 36.7 Å². The molecule has 1 aromatic heterocycles. The van der Waals surface area contributed by atoms with E-state index in [1.165, 1.54) is 12.1 Å². The first-order valence-corrected chi connectivity index (χ1v) is 9.01. The van der Waals surface area contributed by atoms with E-state index in [0.717, 1.165) is 18.7 Å². The number of aromatic nitrogens is 2. The number of rotatable bonds is 3. The van der Waals surface area contributed by atoms with E-state index in [2.05, 4.69) is 10.00 Å². The molecule has 8 heteroatoms. The Morgan fingerprint density at radius 3 is 2.81 bits per heavy atom. The highest BCUT2D eigenvalue weighted by Crippen LogP contribution is 2.28. The number of benzene rings is 1. The summed E-state index contributed by atoms with van der Waals surface area (Å²) < 4.78 is 26.8. The van der Waals surface area contributed by atoms with Gasteiger partial charge in [-0.1, -0.05) is 0 Å². The largest absolute Gasteiger partial charge is 0.377 e.